The van der Waals surface area contributed by atoms with Gasteiger partial charge in [0.05, 0.1) is 16.0 Å². The van der Waals surface area contributed by atoms with Gasteiger partial charge in [-0.15, -0.1) is 0 Å². The molecule has 0 spiro atoms. The van der Waals surface area contributed by atoms with Gasteiger partial charge in [-0.3, -0.25) is 14.9 Å². The summed E-state index contributed by atoms with van der Waals surface area (Å²) in [6.45, 7) is 0. The lowest BCUT2D eigenvalue weighted by molar-refractivity contribution is -0.384. The van der Waals surface area contributed by atoms with Crippen LogP contribution in [0.2, 0.25) is 0 Å². The maximum atomic E-state index is 12.4. The zero-order chi connectivity index (χ0) is 18.8. The third kappa shape index (κ3) is 3.38. The van der Waals surface area contributed by atoms with Gasteiger partial charge in [-0.05, 0) is 30.3 Å². The van der Waals surface area contributed by atoms with Gasteiger partial charge in [-0.2, -0.15) is 0 Å². The highest BCUT2D eigenvalue weighted by Gasteiger charge is 2.11. The molecule has 0 aliphatic carbocycles. The molecule has 7 heteroatoms. The highest BCUT2D eigenvalue weighted by atomic mass is 16.6. The number of non-ortho nitro benzene ring substituents is 1. The van der Waals surface area contributed by atoms with Gasteiger partial charge < -0.3 is 10.3 Å². The number of fused-ring (bicyclic) bond motifs is 1. The quantitative estimate of drug-likeness (QED) is 0.417. The van der Waals surface area contributed by atoms with Crippen molar-refractivity contribution < 1.29 is 9.72 Å². The van der Waals surface area contributed by atoms with Crippen LogP contribution < -0.4 is 5.32 Å². The van der Waals surface area contributed by atoms with E-state index >= 15 is 0 Å². The number of carbonyl (C=O) groups excluding carboxylic acids is 1. The highest BCUT2D eigenvalue weighted by Crippen LogP contribution is 2.22. The lowest BCUT2D eigenvalue weighted by atomic mass is 10.1. The van der Waals surface area contributed by atoms with Crippen LogP contribution in [0.15, 0.2) is 72.8 Å². The van der Waals surface area contributed by atoms with E-state index in [-0.39, 0.29) is 11.6 Å². The van der Waals surface area contributed by atoms with Gasteiger partial charge in [0.25, 0.3) is 11.6 Å². The molecule has 0 radical (unpaired) electrons. The summed E-state index contributed by atoms with van der Waals surface area (Å²) in [5.41, 5.74) is 3.42. The molecule has 1 heterocycles. The molecule has 0 unspecified atom stereocenters. The van der Waals surface area contributed by atoms with E-state index in [1.54, 1.807) is 30.3 Å². The molecular weight excluding hydrogens is 344 g/mol. The number of nitro groups is 1. The maximum absolute atomic E-state index is 12.4. The molecule has 0 aliphatic heterocycles. The number of aromatic amines is 1. The summed E-state index contributed by atoms with van der Waals surface area (Å²) in [6, 6.07) is 20.6. The minimum Gasteiger partial charge on any atom is -0.338 e. The summed E-state index contributed by atoms with van der Waals surface area (Å²) in [6.07, 6.45) is 0. The van der Waals surface area contributed by atoms with E-state index in [1.165, 1.54) is 18.2 Å². The Morgan fingerprint density at radius 2 is 1.78 bits per heavy atom. The average molecular weight is 358 g/mol. The summed E-state index contributed by atoms with van der Waals surface area (Å²) < 4.78 is 0. The third-order valence-electron chi connectivity index (χ3n) is 4.12. The Labute approximate surface area is 153 Å². The smallest absolute Gasteiger partial charge is 0.271 e. The first-order chi connectivity index (χ1) is 13.1. The molecule has 0 saturated carbocycles. The van der Waals surface area contributed by atoms with Crippen LogP contribution in [0.3, 0.4) is 0 Å². The van der Waals surface area contributed by atoms with Gasteiger partial charge in [0.1, 0.15) is 5.82 Å². The van der Waals surface area contributed by atoms with Crippen LogP contribution in [0.25, 0.3) is 22.4 Å². The fourth-order valence-corrected chi connectivity index (χ4v) is 2.77. The summed E-state index contributed by atoms with van der Waals surface area (Å²) in [5, 5.41) is 13.5. The Hall–Kier alpha value is -4.00. The predicted molar refractivity (Wildman–Crippen MR) is 103 cm³/mol. The van der Waals surface area contributed by atoms with Crippen molar-refractivity contribution in [1.29, 1.82) is 0 Å². The van der Waals surface area contributed by atoms with Crippen molar-refractivity contribution >= 4 is 28.3 Å². The van der Waals surface area contributed by atoms with Crippen molar-refractivity contribution in [3.63, 3.8) is 0 Å². The number of carbonyl (C=O) groups is 1. The van der Waals surface area contributed by atoms with Gasteiger partial charge in [-0.25, -0.2) is 4.98 Å². The Kier molecular flexibility index (Phi) is 4.10. The number of amides is 1. The van der Waals surface area contributed by atoms with Crippen LogP contribution in [0, 0.1) is 10.1 Å². The first kappa shape index (κ1) is 16.5. The Bertz CT molecular complexity index is 1120. The number of nitrogens with zero attached hydrogens (tertiary/aromatic N) is 2. The predicted octanol–water partition coefficient (Wildman–Crippen LogP) is 4.39. The largest absolute Gasteiger partial charge is 0.338 e. The summed E-state index contributed by atoms with van der Waals surface area (Å²) in [4.78, 5) is 30.5. The number of nitrogens with one attached hydrogen (secondary N) is 2. The molecule has 27 heavy (non-hydrogen) atoms. The van der Waals surface area contributed by atoms with Crippen molar-refractivity contribution in [3.05, 3.63) is 88.5 Å². The average Bonchev–Trinajstić information content (AvgIpc) is 3.12. The molecule has 132 valence electrons. The van der Waals surface area contributed by atoms with E-state index in [9.17, 15) is 14.9 Å². The van der Waals surface area contributed by atoms with E-state index in [0.717, 1.165) is 22.4 Å². The van der Waals surface area contributed by atoms with Gasteiger partial charge in [0, 0.05) is 28.9 Å². The molecule has 3 aromatic carbocycles. The number of imidazole rings is 1. The fraction of sp³-hybridized carbons (Fsp3) is 0. The van der Waals surface area contributed by atoms with Crippen LogP contribution in [-0.4, -0.2) is 20.8 Å². The van der Waals surface area contributed by atoms with E-state index in [4.69, 9.17) is 0 Å². The topological polar surface area (TPSA) is 101 Å². The molecule has 2 N–H and O–H groups in total. The number of rotatable bonds is 4. The zero-order valence-electron chi connectivity index (χ0n) is 14.0. The van der Waals surface area contributed by atoms with E-state index in [0.29, 0.717) is 11.3 Å². The number of H-pyrrole nitrogens is 1. The Morgan fingerprint density at radius 3 is 2.52 bits per heavy atom. The number of benzene rings is 3. The monoisotopic (exact) mass is 358 g/mol. The van der Waals surface area contributed by atoms with Crippen LogP contribution >= 0.6 is 0 Å². The van der Waals surface area contributed by atoms with E-state index in [2.05, 4.69) is 15.3 Å². The van der Waals surface area contributed by atoms with E-state index in [1.807, 2.05) is 24.3 Å². The number of anilines is 1. The molecule has 0 fully saturated rings. The lowest BCUT2D eigenvalue weighted by Gasteiger charge is -2.06. The normalized spacial score (nSPS) is 10.7. The molecule has 0 bridgehead atoms. The SMILES string of the molecule is O=C(Nc1cccc([N+](=O)[O-])c1)c1ccc(-c2nc3ccccc3[nH]2)cc1. The van der Waals surface area contributed by atoms with Gasteiger partial charge in [0.2, 0.25) is 0 Å². The molecule has 0 atom stereocenters. The Morgan fingerprint density at radius 1 is 1.00 bits per heavy atom. The highest BCUT2D eigenvalue weighted by molar-refractivity contribution is 6.04. The minimum absolute atomic E-state index is 0.0759. The minimum atomic E-state index is -0.502. The zero-order valence-corrected chi connectivity index (χ0v) is 14.0. The summed E-state index contributed by atoms with van der Waals surface area (Å²) in [5.74, 6) is 0.383. The summed E-state index contributed by atoms with van der Waals surface area (Å²) in [7, 11) is 0. The number of para-hydroxylation sites is 2. The van der Waals surface area contributed by atoms with Gasteiger partial charge >= 0.3 is 0 Å². The molecule has 0 aliphatic rings. The molecule has 1 amide bonds. The first-order valence-electron chi connectivity index (χ1n) is 8.21. The van der Waals surface area contributed by atoms with Crippen molar-refractivity contribution in [2.45, 2.75) is 0 Å². The second-order valence-electron chi connectivity index (χ2n) is 5.94. The van der Waals surface area contributed by atoms with Crippen LogP contribution in [0.5, 0.6) is 0 Å². The molecule has 4 aromatic rings. The van der Waals surface area contributed by atoms with Gasteiger partial charge in [0.15, 0.2) is 0 Å². The third-order valence-corrected chi connectivity index (χ3v) is 4.12. The van der Waals surface area contributed by atoms with Crippen molar-refractivity contribution in [3.8, 4) is 11.4 Å². The number of aromatic nitrogens is 2. The van der Waals surface area contributed by atoms with Crippen LogP contribution in [-0.2, 0) is 0 Å². The standard InChI is InChI=1S/C20H14N4O3/c25-20(21-15-4-3-5-16(12-15)24(26)27)14-10-8-13(9-11-14)19-22-17-6-1-2-7-18(17)23-19/h1-12H,(H,21,25)(H,22,23). The second kappa shape index (κ2) is 6.72. The molecule has 7 nitrogen and oxygen atoms in total. The first-order valence-corrected chi connectivity index (χ1v) is 8.21. The van der Waals surface area contributed by atoms with Crippen molar-refractivity contribution in [2.24, 2.45) is 0 Å². The number of nitro benzene ring substituents is 1. The van der Waals surface area contributed by atoms with Crippen molar-refractivity contribution in [1.82, 2.24) is 9.97 Å². The number of hydrogen-bond donors (Lipinski definition) is 2. The summed E-state index contributed by atoms with van der Waals surface area (Å²) >= 11 is 0. The van der Waals surface area contributed by atoms with E-state index < -0.39 is 4.92 Å². The molecule has 1 aromatic heterocycles. The molecular formula is C20H14N4O3. The number of hydrogen-bond acceptors (Lipinski definition) is 4. The van der Waals surface area contributed by atoms with Crippen molar-refractivity contribution in [2.75, 3.05) is 5.32 Å². The Balaban J connectivity index is 1.54. The fourth-order valence-electron chi connectivity index (χ4n) is 2.77. The lowest BCUT2D eigenvalue weighted by Crippen LogP contribution is -2.11. The second-order valence-corrected chi connectivity index (χ2v) is 5.94. The van der Waals surface area contributed by atoms with Crippen LogP contribution in [0.4, 0.5) is 11.4 Å². The molecule has 4 rings (SSSR count). The van der Waals surface area contributed by atoms with Gasteiger partial charge in [-0.1, -0.05) is 30.3 Å². The maximum Gasteiger partial charge on any atom is 0.271 e. The molecule has 0 saturated heterocycles. The van der Waals surface area contributed by atoms with Crippen LogP contribution in [0.1, 0.15) is 10.4 Å².